The van der Waals surface area contributed by atoms with Crippen molar-refractivity contribution < 1.29 is 18.3 Å². The number of rotatable bonds is 5. The molecule has 0 bridgehead atoms. The van der Waals surface area contributed by atoms with Gasteiger partial charge in [0.15, 0.2) is 4.60 Å². The van der Waals surface area contributed by atoms with Gasteiger partial charge < -0.3 is 5.11 Å². The molecule has 1 rings (SSSR count). The first-order valence-electron chi connectivity index (χ1n) is 5.77. The minimum atomic E-state index is -3.91. The van der Waals surface area contributed by atoms with E-state index in [1.54, 1.807) is 20.8 Å². The number of aliphatic carboxylic acids is 1. The van der Waals surface area contributed by atoms with E-state index in [-0.39, 0.29) is 22.6 Å². The number of carboxylic acids is 1. The summed E-state index contributed by atoms with van der Waals surface area (Å²) in [6.45, 7) is 4.97. The average molecular weight is 369 g/mol. The highest BCUT2D eigenvalue weighted by Crippen LogP contribution is 2.27. The number of hydrogen-bond acceptors (Lipinski definition) is 5. The summed E-state index contributed by atoms with van der Waals surface area (Å²) in [5, 5.41) is 16.0. The van der Waals surface area contributed by atoms with Gasteiger partial charge in [-0.1, -0.05) is 5.21 Å². The summed E-state index contributed by atoms with van der Waals surface area (Å²) in [6.07, 6.45) is -0.278. The second kappa shape index (κ2) is 5.78. The molecule has 20 heavy (non-hydrogen) atoms. The van der Waals surface area contributed by atoms with Crippen LogP contribution in [0.5, 0.6) is 0 Å². The van der Waals surface area contributed by atoms with Crippen LogP contribution in [0.15, 0.2) is 9.63 Å². The van der Waals surface area contributed by atoms with E-state index < -0.39 is 21.5 Å². The quantitative estimate of drug-likeness (QED) is 0.825. The highest BCUT2D eigenvalue weighted by Gasteiger charge is 2.37. The summed E-state index contributed by atoms with van der Waals surface area (Å²) >= 11 is 3.05. The van der Waals surface area contributed by atoms with E-state index in [0.717, 1.165) is 8.99 Å². The lowest BCUT2D eigenvalue weighted by atomic mass is 10.1. The Morgan fingerprint density at radius 3 is 2.35 bits per heavy atom. The Morgan fingerprint density at radius 1 is 1.45 bits per heavy atom. The van der Waals surface area contributed by atoms with Crippen molar-refractivity contribution in [1.29, 1.82) is 0 Å². The minimum absolute atomic E-state index is 0.0992. The highest BCUT2D eigenvalue weighted by atomic mass is 79.9. The van der Waals surface area contributed by atoms with Gasteiger partial charge >= 0.3 is 5.97 Å². The van der Waals surface area contributed by atoms with Gasteiger partial charge in [0, 0.05) is 19.1 Å². The van der Waals surface area contributed by atoms with Crippen LogP contribution in [0.25, 0.3) is 0 Å². The maximum absolute atomic E-state index is 12.7. The number of aromatic nitrogens is 3. The molecule has 0 fully saturated rings. The Balaban J connectivity index is 3.29. The second-order valence-electron chi connectivity index (χ2n) is 5.20. The number of carbonyl (C=O) groups is 1. The van der Waals surface area contributed by atoms with Crippen LogP contribution < -0.4 is 0 Å². The lowest BCUT2D eigenvalue weighted by molar-refractivity contribution is -0.137. The predicted octanol–water partition coefficient (Wildman–Crippen LogP) is 0.841. The van der Waals surface area contributed by atoms with Crippen molar-refractivity contribution >= 4 is 31.9 Å². The molecule has 0 atom stereocenters. The first kappa shape index (κ1) is 17.1. The Bertz CT molecular complexity index is 586. The molecule has 0 unspecified atom stereocenters. The molecule has 10 heteroatoms. The largest absolute Gasteiger partial charge is 0.481 e. The number of aryl methyl sites for hydroxylation is 1. The van der Waals surface area contributed by atoms with Gasteiger partial charge in [-0.15, -0.1) is 5.10 Å². The van der Waals surface area contributed by atoms with Crippen LogP contribution in [0.3, 0.4) is 0 Å². The first-order valence-corrected chi connectivity index (χ1v) is 8.01. The molecule has 0 aliphatic heterocycles. The highest BCUT2D eigenvalue weighted by molar-refractivity contribution is 9.10. The molecule has 0 spiro atoms. The topological polar surface area (TPSA) is 105 Å². The maximum atomic E-state index is 12.7. The summed E-state index contributed by atoms with van der Waals surface area (Å²) in [7, 11) is -2.45. The van der Waals surface area contributed by atoms with Gasteiger partial charge in [0.1, 0.15) is 0 Å². The first-order chi connectivity index (χ1) is 8.98. The number of carboxylic acid groups (broad SMARTS) is 1. The molecular weight excluding hydrogens is 352 g/mol. The number of halogens is 1. The van der Waals surface area contributed by atoms with E-state index in [9.17, 15) is 13.2 Å². The van der Waals surface area contributed by atoms with E-state index in [1.165, 1.54) is 7.05 Å². The third-order valence-corrected chi connectivity index (χ3v) is 5.60. The van der Waals surface area contributed by atoms with Crippen molar-refractivity contribution in [2.45, 2.75) is 37.8 Å². The number of sulfonamides is 1. The van der Waals surface area contributed by atoms with E-state index >= 15 is 0 Å². The third-order valence-electron chi connectivity index (χ3n) is 2.55. The summed E-state index contributed by atoms with van der Waals surface area (Å²) in [5.41, 5.74) is -0.766. The monoisotopic (exact) mass is 368 g/mol. The number of nitrogens with zero attached hydrogens (tertiary/aromatic N) is 4. The lowest BCUT2D eigenvalue weighted by Crippen LogP contribution is -2.47. The standard InChI is InChI=1S/C10H17BrN4O4S/c1-10(2,3)15(6-5-7(16)17)20(18,19)9-8(11)12-13-14(9)4/h5-6H2,1-4H3,(H,16,17). The SMILES string of the molecule is Cn1nnc(Br)c1S(=O)(=O)N(CCC(=O)O)C(C)(C)C. The van der Waals surface area contributed by atoms with E-state index in [2.05, 4.69) is 26.2 Å². The Labute approximate surface area is 125 Å². The van der Waals surface area contributed by atoms with Crippen LogP contribution in [0.2, 0.25) is 0 Å². The summed E-state index contributed by atoms with van der Waals surface area (Å²) < 4.78 is 27.8. The molecule has 114 valence electrons. The third kappa shape index (κ3) is 3.55. The maximum Gasteiger partial charge on any atom is 0.304 e. The van der Waals surface area contributed by atoms with Crippen molar-refractivity contribution in [3.05, 3.63) is 4.60 Å². The normalized spacial score (nSPS) is 12.9. The van der Waals surface area contributed by atoms with Gasteiger partial charge in [0.05, 0.1) is 6.42 Å². The molecule has 0 aromatic carbocycles. The summed E-state index contributed by atoms with van der Waals surface area (Å²) in [5.74, 6) is -1.06. The van der Waals surface area contributed by atoms with Crippen LogP contribution in [-0.2, 0) is 21.9 Å². The average Bonchev–Trinajstić information content (AvgIpc) is 2.55. The fourth-order valence-electron chi connectivity index (χ4n) is 1.71. The molecular formula is C10H17BrN4O4S. The van der Waals surface area contributed by atoms with Crippen LogP contribution >= 0.6 is 15.9 Å². The van der Waals surface area contributed by atoms with Crippen molar-refractivity contribution in [2.24, 2.45) is 7.05 Å². The molecule has 1 aromatic rings. The van der Waals surface area contributed by atoms with Crippen molar-refractivity contribution in [3.8, 4) is 0 Å². The van der Waals surface area contributed by atoms with Gasteiger partial charge in [0.25, 0.3) is 10.0 Å². The molecule has 0 radical (unpaired) electrons. The molecule has 0 saturated carbocycles. The second-order valence-corrected chi connectivity index (χ2v) is 7.73. The van der Waals surface area contributed by atoms with Gasteiger partial charge in [-0.05, 0) is 36.7 Å². The van der Waals surface area contributed by atoms with Crippen LogP contribution in [-0.4, -0.2) is 50.9 Å². The van der Waals surface area contributed by atoms with Crippen molar-refractivity contribution in [3.63, 3.8) is 0 Å². The van der Waals surface area contributed by atoms with E-state index in [4.69, 9.17) is 5.11 Å². The lowest BCUT2D eigenvalue weighted by Gasteiger charge is -2.33. The molecule has 0 saturated heterocycles. The van der Waals surface area contributed by atoms with E-state index in [1.807, 2.05) is 0 Å². The van der Waals surface area contributed by atoms with Gasteiger partial charge in [-0.25, -0.2) is 13.1 Å². The van der Waals surface area contributed by atoms with Crippen molar-refractivity contribution in [2.75, 3.05) is 6.54 Å². The molecule has 8 nitrogen and oxygen atoms in total. The van der Waals surface area contributed by atoms with Crippen molar-refractivity contribution in [1.82, 2.24) is 19.3 Å². The zero-order chi connectivity index (χ0) is 15.7. The molecule has 0 amide bonds. The van der Waals surface area contributed by atoms with E-state index in [0.29, 0.717) is 0 Å². The Kier molecular flexibility index (Phi) is 4.93. The zero-order valence-electron chi connectivity index (χ0n) is 11.7. The van der Waals surface area contributed by atoms with Gasteiger partial charge in [-0.3, -0.25) is 4.79 Å². The van der Waals surface area contributed by atoms with Crippen LogP contribution in [0, 0.1) is 0 Å². The molecule has 0 aliphatic rings. The Morgan fingerprint density at radius 2 is 2.00 bits per heavy atom. The van der Waals surface area contributed by atoms with Gasteiger partial charge in [0.2, 0.25) is 5.03 Å². The fourth-order valence-corrected chi connectivity index (χ4v) is 4.54. The fraction of sp³-hybridized carbons (Fsp3) is 0.700. The van der Waals surface area contributed by atoms with Gasteiger partial charge in [-0.2, -0.15) is 4.31 Å². The van der Waals surface area contributed by atoms with Crippen LogP contribution in [0.4, 0.5) is 0 Å². The summed E-state index contributed by atoms with van der Waals surface area (Å²) in [6, 6.07) is 0. The molecule has 1 aromatic heterocycles. The summed E-state index contributed by atoms with van der Waals surface area (Å²) in [4.78, 5) is 10.7. The molecule has 0 aliphatic carbocycles. The minimum Gasteiger partial charge on any atom is -0.481 e. The predicted molar refractivity (Wildman–Crippen MR) is 74.6 cm³/mol. The smallest absolute Gasteiger partial charge is 0.304 e. The number of hydrogen-bond donors (Lipinski definition) is 1. The van der Waals surface area contributed by atoms with Crippen LogP contribution in [0.1, 0.15) is 27.2 Å². The molecule has 1 N–H and O–H groups in total. The Hall–Kier alpha value is -1.00. The molecule has 1 heterocycles. The zero-order valence-corrected chi connectivity index (χ0v) is 14.1.